The van der Waals surface area contributed by atoms with E-state index in [0.717, 1.165) is 18.8 Å². The van der Waals surface area contributed by atoms with Crippen LogP contribution in [0.1, 0.15) is 6.42 Å². The number of aryl methyl sites for hydroxylation is 1. The van der Waals surface area contributed by atoms with Crippen LogP contribution >= 0.6 is 0 Å². The summed E-state index contributed by atoms with van der Waals surface area (Å²) in [6.45, 7) is 1.19. The molecule has 7 nitrogen and oxygen atoms in total. The molecule has 0 saturated carbocycles. The molecule has 0 radical (unpaired) electrons. The van der Waals surface area contributed by atoms with Crippen molar-refractivity contribution in [3.8, 4) is 0 Å². The molecule has 0 aliphatic carbocycles. The molecule has 2 N–H and O–H groups in total. The topological polar surface area (TPSA) is 87.5 Å². The lowest BCUT2D eigenvalue weighted by atomic mass is 10.3. The van der Waals surface area contributed by atoms with Crippen molar-refractivity contribution in [3.63, 3.8) is 0 Å². The van der Waals surface area contributed by atoms with Crippen molar-refractivity contribution in [1.82, 2.24) is 15.1 Å². The number of carboxylic acid groups (broad SMARTS) is 1. The minimum Gasteiger partial charge on any atom is -0.465 e. The third-order valence-electron chi connectivity index (χ3n) is 2.41. The number of anilines is 1. The smallest absolute Gasteiger partial charge is 0.405 e. The van der Waals surface area contributed by atoms with Gasteiger partial charge in [0.15, 0.2) is 0 Å². The fourth-order valence-electron chi connectivity index (χ4n) is 1.72. The van der Waals surface area contributed by atoms with Crippen LogP contribution in [0.3, 0.4) is 0 Å². The van der Waals surface area contributed by atoms with E-state index in [1.165, 1.54) is 0 Å². The molecule has 2 amide bonds. The molecule has 0 unspecified atom stereocenters. The Bertz CT molecular complexity index is 415. The van der Waals surface area contributed by atoms with Crippen LogP contribution in [0.15, 0.2) is 12.3 Å². The fourth-order valence-corrected chi connectivity index (χ4v) is 1.72. The first-order valence-electron chi connectivity index (χ1n) is 4.97. The minimum absolute atomic E-state index is 0.208. The molecule has 1 aliphatic rings. The highest BCUT2D eigenvalue weighted by atomic mass is 16.4. The van der Waals surface area contributed by atoms with Crippen LogP contribution < -0.4 is 10.2 Å². The van der Waals surface area contributed by atoms with E-state index in [2.05, 4.69) is 10.4 Å². The SMILES string of the molecule is O=C(O)NCC(=O)N1CCCn2nccc21. The number of rotatable bonds is 2. The van der Waals surface area contributed by atoms with E-state index >= 15 is 0 Å². The third-order valence-corrected chi connectivity index (χ3v) is 2.41. The second kappa shape index (κ2) is 4.21. The molecule has 0 bridgehead atoms. The summed E-state index contributed by atoms with van der Waals surface area (Å²) in [7, 11) is 0. The van der Waals surface area contributed by atoms with Gasteiger partial charge in [0.2, 0.25) is 5.91 Å². The highest BCUT2D eigenvalue weighted by Gasteiger charge is 2.22. The molecule has 86 valence electrons. The predicted molar refractivity (Wildman–Crippen MR) is 55.2 cm³/mol. The molecule has 0 aromatic carbocycles. The van der Waals surface area contributed by atoms with E-state index in [0.29, 0.717) is 6.54 Å². The lowest BCUT2D eigenvalue weighted by Gasteiger charge is -2.27. The second-order valence-corrected chi connectivity index (χ2v) is 3.47. The highest BCUT2D eigenvalue weighted by molar-refractivity contribution is 5.95. The number of hydrogen-bond acceptors (Lipinski definition) is 3. The van der Waals surface area contributed by atoms with Gasteiger partial charge < -0.3 is 10.4 Å². The van der Waals surface area contributed by atoms with Gasteiger partial charge in [-0.15, -0.1) is 0 Å². The summed E-state index contributed by atoms with van der Waals surface area (Å²) in [4.78, 5) is 23.6. The summed E-state index contributed by atoms with van der Waals surface area (Å²) >= 11 is 0. The molecule has 2 rings (SSSR count). The maximum absolute atomic E-state index is 11.7. The summed E-state index contributed by atoms with van der Waals surface area (Å²) in [6.07, 6.45) is 1.26. The zero-order chi connectivity index (χ0) is 11.5. The number of hydrogen-bond donors (Lipinski definition) is 2. The zero-order valence-electron chi connectivity index (χ0n) is 8.59. The second-order valence-electron chi connectivity index (χ2n) is 3.47. The Hall–Kier alpha value is -2.05. The number of nitrogens with zero attached hydrogens (tertiary/aromatic N) is 3. The molecule has 2 heterocycles. The van der Waals surface area contributed by atoms with Gasteiger partial charge in [0.1, 0.15) is 12.4 Å². The van der Waals surface area contributed by atoms with Gasteiger partial charge in [-0.3, -0.25) is 9.69 Å². The number of aromatic nitrogens is 2. The Morgan fingerprint density at radius 2 is 2.31 bits per heavy atom. The Morgan fingerprint density at radius 3 is 3.06 bits per heavy atom. The van der Waals surface area contributed by atoms with E-state index in [1.54, 1.807) is 21.8 Å². The lowest BCUT2D eigenvalue weighted by Crippen LogP contribution is -2.43. The van der Waals surface area contributed by atoms with E-state index in [9.17, 15) is 9.59 Å². The first-order chi connectivity index (χ1) is 7.68. The van der Waals surface area contributed by atoms with E-state index in [1.807, 2.05) is 0 Å². The quantitative estimate of drug-likeness (QED) is 0.733. The molecule has 0 spiro atoms. The molecule has 0 atom stereocenters. The van der Waals surface area contributed by atoms with Crippen molar-refractivity contribution >= 4 is 17.8 Å². The highest BCUT2D eigenvalue weighted by Crippen LogP contribution is 2.19. The van der Waals surface area contributed by atoms with Gasteiger partial charge in [-0.1, -0.05) is 0 Å². The number of amides is 2. The molecule has 1 aromatic rings. The first-order valence-corrected chi connectivity index (χ1v) is 4.97. The maximum Gasteiger partial charge on any atom is 0.405 e. The average Bonchev–Trinajstić information content (AvgIpc) is 2.73. The largest absolute Gasteiger partial charge is 0.465 e. The van der Waals surface area contributed by atoms with Gasteiger partial charge in [0.05, 0.1) is 6.20 Å². The van der Waals surface area contributed by atoms with Crippen molar-refractivity contribution in [2.75, 3.05) is 18.0 Å². The molecule has 0 saturated heterocycles. The summed E-state index contributed by atoms with van der Waals surface area (Å²) in [5, 5.41) is 14.5. The van der Waals surface area contributed by atoms with Crippen molar-refractivity contribution in [1.29, 1.82) is 0 Å². The Labute approximate surface area is 91.6 Å². The summed E-state index contributed by atoms with van der Waals surface area (Å²) in [6, 6.07) is 1.75. The summed E-state index contributed by atoms with van der Waals surface area (Å²) in [5.74, 6) is 0.465. The van der Waals surface area contributed by atoms with Crippen molar-refractivity contribution in [3.05, 3.63) is 12.3 Å². The van der Waals surface area contributed by atoms with Crippen molar-refractivity contribution in [2.24, 2.45) is 0 Å². The molecule has 1 aliphatic heterocycles. The average molecular weight is 224 g/mol. The van der Waals surface area contributed by atoms with Crippen LogP contribution in [0.5, 0.6) is 0 Å². The summed E-state index contributed by atoms with van der Waals surface area (Å²) < 4.78 is 1.74. The predicted octanol–water partition coefficient (Wildman–Crippen LogP) is -0.113. The third kappa shape index (κ3) is 1.97. The molecular formula is C9H12N4O3. The van der Waals surface area contributed by atoms with Gasteiger partial charge >= 0.3 is 6.09 Å². The molecule has 1 aromatic heterocycles. The monoisotopic (exact) mass is 224 g/mol. The van der Waals surface area contributed by atoms with Gasteiger partial charge in [-0.2, -0.15) is 5.10 Å². The van der Waals surface area contributed by atoms with Crippen LogP contribution in [0.2, 0.25) is 0 Å². The van der Waals surface area contributed by atoms with Gasteiger partial charge in [-0.25, -0.2) is 9.48 Å². The summed E-state index contributed by atoms with van der Waals surface area (Å²) in [5.41, 5.74) is 0. The van der Waals surface area contributed by atoms with Crippen LogP contribution in [-0.4, -0.2) is 40.0 Å². The standard InChI is InChI=1S/C9H12N4O3/c14-8(6-10-9(15)16)12-4-1-5-13-7(12)2-3-11-13/h2-3,10H,1,4-6H2,(H,15,16). The molecule has 16 heavy (non-hydrogen) atoms. The first kappa shape index (κ1) is 10.5. The van der Waals surface area contributed by atoms with Crippen LogP contribution in [-0.2, 0) is 11.3 Å². The van der Waals surface area contributed by atoms with Crippen LogP contribution in [0.4, 0.5) is 10.6 Å². The zero-order valence-corrected chi connectivity index (χ0v) is 8.59. The Kier molecular flexibility index (Phi) is 2.76. The number of nitrogens with one attached hydrogen (secondary N) is 1. The van der Waals surface area contributed by atoms with E-state index in [-0.39, 0.29) is 12.5 Å². The van der Waals surface area contributed by atoms with E-state index in [4.69, 9.17) is 5.11 Å². The molecule has 7 heteroatoms. The number of fused-ring (bicyclic) bond motifs is 1. The van der Waals surface area contributed by atoms with Crippen LogP contribution in [0.25, 0.3) is 0 Å². The molecular weight excluding hydrogens is 212 g/mol. The van der Waals surface area contributed by atoms with Crippen LogP contribution in [0, 0.1) is 0 Å². The van der Waals surface area contributed by atoms with Gasteiger partial charge in [-0.05, 0) is 6.42 Å². The van der Waals surface area contributed by atoms with Crippen molar-refractivity contribution in [2.45, 2.75) is 13.0 Å². The lowest BCUT2D eigenvalue weighted by molar-refractivity contribution is -0.117. The number of carbonyl (C=O) groups excluding carboxylic acids is 1. The number of carbonyl (C=O) groups is 2. The van der Waals surface area contributed by atoms with Gasteiger partial charge in [0.25, 0.3) is 0 Å². The molecule has 0 fully saturated rings. The maximum atomic E-state index is 11.7. The Morgan fingerprint density at radius 1 is 1.50 bits per heavy atom. The minimum atomic E-state index is -1.20. The van der Waals surface area contributed by atoms with E-state index < -0.39 is 6.09 Å². The fraction of sp³-hybridized carbons (Fsp3) is 0.444. The van der Waals surface area contributed by atoms with Crippen molar-refractivity contribution < 1.29 is 14.7 Å². The van der Waals surface area contributed by atoms with Gasteiger partial charge in [0, 0.05) is 19.2 Å². The normalized spacial score (nSPS) is 14.4. The Balaban J connectivity index is 2.06.